The molecule has 0 aliphatic heterocycles. The highest BCUT2D eigenvalue weighted by molar-refractivity contribution is 7.73. The van der Waals surface area contributed by atoms with Crippen LogP contribution >= 0.6 is 0 Å². The number of rotatable bonds is 8. The normalized spacial score (nSPS) is 12.7. The molecule has 0 saturated heterocycles. The molecule has 126 valence electrons. The van der Waals surface area contributed by atoms with Crippen molar-refractivity contribution in [2.75, 3.05) is 17.9 Å². The lowest BCUT2D eigenvalue weighted by molar-refractivity contribution is 0.105. The van der Waals surface area contributed by atoms with Gasteiger partial charge in [-0.1, -0.05) is 38.1 Å². The third-order valence-corrected chi connectivity index (χ3v) is 3.71. The second-order valence-electron chi connectivity index (χ2n) is 5.55. The summed E-state index contributed by atoms with van der Waals surface area (Å²) >= 11 is 0. The molecule has 0 radical (unpaired) electrons. The Morgan fingerprint density at radius 1 is 1.13 bits per heavy atom. The van der Waals surface area contributed by atoms with E-state index in [1.165, 1.54) is 0 Å². The second kappa shape index (κ2) is 8.14. The highest BCUT2D eigenvalue weighted by Crippen LogP contribution is 2.31. The lowest BCUT2D eigenvalue weighted by Gasteiger charge is -2.16. The first-order chi connectivity index (χ1) is 11.0. The van der Waals surface area contributed by atoms with Gasteiger partial charge in [-0.3, -0.25) is 4.72 Å². The van der Waals surface area contributed by atoms with Crippen molar-refractivity contribution in [3.05, 3.63) is 36.4 Å². The molecule has 7 heteroatoms. The van der Waals surface area contributed by atoms with E-state index in [1.54, 1.807) is 12.1 Å². The first-order valence-electron chi connectivity index (χ1n) is 7.44. The molecule has 0 heterocycles. The molecule has 0 saturated carbocycles. The Morgan fingerprint density at radius 2 is 1.83 bits per heavy atom. The van der Waals surface area contributed by atoms with Crippen LogP contribution < -0.4 is 14.8 Å². The summed E-state index contributed by atoms with van der Waals surface area (Å²) in [4.78, 5) is 0. The van der Waals surface area contributed by atoms with Crippen molar-refractivity contribution in [1.82, 2.24) is 5.32 Å². The zero-order valence-corrected chi connectivity index (χ0v) is 14.0. The molecule has 3 N–H and O–H groups in total. The van der Waals surface area contributed by atoms with Crippen molar-refractivity contribution in [1.29, 1.82) is 0 Å². The monoisotopic (exact) mass is 338 g/mol. The first-order valence-corrected chi connectivity index (χ1v) is 8.62. The van der Waals surface area contributed by atoms with Gasteiger partial charge in [-0.05, 0) is 12.1 Å². The zero-order chi connectivity index (χ0) is 16.8. The van der Waals surface area contributed by atoms with Crippen molar-refractivity contribution >= 4 is 27.4 Å². The van der Waals surface area contributed by atoms with Gasteiger partial charge in [-0.2, -0.15) is 0 Å². The van der Waals surface area contributed by atoms with E-state index in [4.69, 9.17) is 4.74 Å². The van der Waals surface area contributed by atoms with Gasteiger partial charge >= 0.3 is 0 Å². The summed E-state index contributed by atoms with van der Waals surface area (Å²) in [5.41, 5.74) is 0.506. The predicted octanol–water partition coefficient (Wildman–Crippen LogP) is 1.52. The number of ether oxygens (including phenoxy) is 1. The van der Waals surface area contributed by atoms with E-state index in [-0.39, 0.29) is 6.61 Å². The molecule has 0 bridgehead atoms. The number of hydrogen-bond acceptors (Lipinski definition) is 5. The number of anilines is 1. The Bertz CT molecular complexity index is 723. The number of fused-ring (bicyclic) bond motifs is 1. The van der Waals surface area contributed by atoms with Gasteiger partial charge in [0.25, 0.3) is 0 Å². The molecule has 0 unspecified atom stereocenters. The van der Waals surface area contributed by atoms with Gasteiger partial charge in [0.05, 0.1) is 5.69 Å². The molecule has 0 spiro atoms. The molecule has 2 aromatic rings. The molecule has 0 amide bonds. The Kier molecular flexibility index (Phi) is 6.20. The minimum Gasteiger partial charge on any atom is -0.490 e. The summed E-state index contributed by atoms with van der Waals surface area (Å²) in [7, 11) is -2.73. The SMILES string of the molecule is CC(C)NC[C@@H](O)COc1ccc(N[SH](=O)=O)c2ccccc12. The molecule has 6 nitrogen and oxygen atoms in total. The molecule has 0 aliphatic rings. The molecule has 0 fully saturated rings. The maximum atomic E-state index is 10.9. The van der Waals surface area contributed by atoms with Gasteiger partial charge < -0.3 is 15.2 Å². The van der Waals surface area contributed by atoms with Crippen LogP contribution in [0.4, 0.5) is 5.69 Å². The van der Waals surface area contributed by atoms with Gasteiger partial charge in [0.1, 0.15) is 18.5 Å². The van der Waals surface area contributed by atoms with E-state index < -0.39 is 17.0 Å². The number of aliphatic hydroxyl groups is 1. The minimum atomic E-state index is -2.73. The molecular formula is C16H22N2O4S. The van der Waals surface area contributed by atoms with Crippen molar-refractivity contribution < 1.29 is 18.3 Å². The third kappa shape index (κ3) is 5.09. The smallest absolute Gasteiger partial charge is 0.222 e. The first kappa shape index (κ1) is 17.5. The average Bonchev–Trinajstić information content (AvgIpc) is 2.51. The lowest BCUT2D eigenvalue weighted by Crippen LogP contribution is -2.35. The molecule has 0 aliphatic carbocycles. The second-order valence-corrected chi connectivity index (χ2v) is 6.29. The topological polar surface area (TPSA) is 87.7 Å². The van der Waals surface area contributed by atoms with Crippen LogP contribution in [0.15, 0.2) is 36.4 Å². The average molecular weight is 338 g/mol. The van der Waals surface area contributed by atoms with E-state index >= 15 is 0 Å². The van der Waals surface area contributed by atoms with Crippen LogP contribution in [0.3, 0.4) is 0 Å². The summed E-state index contributed by atoms with van der Waals surface area (Å²) in [5, 5.41) is 14.6. The fourth-order valence-electron chi connectivity index (χ4n) is 2.21. The van der Waals surface area contributed by atoms with Crippen LogP contribution in [0.1, 0.15) is 13.8 Å². The van der Waals surface area contributed by atoms with E-state index in [0.29, 0.717) is 24.0 Å². The molecule has 2 rings (SSSR count). The van der Waals surface area contributed by atoms with Crippen LogP contribution in [-0.4, -0.2) is 38.8 Å². The van der Waals surface area contributed by atoms with Crippen molar-refractivity contribution in [3.8, 4) is 5.75 Å². The van der Waals surface area contributed by atoms with Crippen LogP contribution in [0, 0.1) is 0 Å². The Morgan fingerprint density at radius 3 is 2.48 bits per heavy atom. The van der Waals surface area contributed by atoms with Gasteiger partial charge in [0, 0.05) is 23.4 Å². The van der Waals surface area contributed by atoms with Gasteiger partial charge in [-0.15, -0.1) is 0 Å². The third-order valence-electron chi connectivity index (χ3n) is 3.29. The van der Waals surface area contributed by atoms with Gasteiger partial charge in [-0.25, -0.2) is 8.42 Å². The maximum absolute atomic E-state index is 10.9. The highest BCUT2D eigenvalue weighted by Gasteiger charge is 2.10. The number of nitrogens with one attached hydrogen (secondary N) is 2. The standard InChI is InChI=1S/C16H22N2O4S/c1-11(2)17-9-12(19)10-22-16-8-7-15(18-23(20)21)13-5-3-4-6-14(13)16/h3-8,11-12,17,19,23H,9-10H2,1-2H3,(H,18,20,21)/t12-/m1/s1. The largest absolute Gasteiger partial charge is 0.490 e. The van der Waals surface area contributed by atoms with E-state index in [2.05, 4.69) is 10.0 Å². The summed E-state index contributed by atoms with van der Waals surface area (Å²) in [6.45, 7) is 4.62. The van der Waals surface area contributed by atoms with Crippen molar-refractivity contribution in [2.24, 2.45) is 0 Å². The Labute approximate surface area is 137 Å². The Balaban J connectivity index is 2.15. The molecule has 2 aromatic carbocycles. The maximum Gasteiger partial charge on any atom is 0.222 e. The quantitative estimate of drug-likeness (QED) is 0.548. The molecule has 23 heavy (non-hydrogen) atoms. The fourth-order valence-corrected chi connectivity index (χ4v) is 2.60. The summed E-state index contributed by atoms with van der Waals surface area (Å²) < 4.78 is 29.9. The van der Waals surface area contributed by atoms with Crippen LogP contribution in [0.2, 0.25) is 0 Å². The number of thiol groups is 1. The van der Waals surface area contributed by atoms with Crippen LogP contribution in [0.5, 0.6) is 5.75 Å². The number of aliphatic hydroxyl groups excluding tert-OH is 1. The summed E-state index contributed by atoms with van der Waals surface area (Å²) in [6, 6.07) is 11.0. The van der Waals surface area contributed by atoms with Gasteiger partial charge in [0.15, 0.2) is 0 Å². The molecule has 0 aromatic heterocycles. The highest BCUT2D eigenvalue weighted by atomic mass is 32.2. The zero-order valence-electron chi connectivity index (χ0n) is 13.2. The number of hydrogen-bond donors (Lipinski definition) is 4. The summed E-state index contributed by atoms with van der Waals surface area (Å²) in [5.74, 6) is 0.607. The van der Waals surface area contributed by atoms with Crippen molar-refractivity contribution in [3.63, 3.8) is 0 Å². The van der Waals surface area contributed by atoms with E-state index in [1.807, 2.05) is 38.1 Å². The fraction of sp³-hybridized carbons (Fsp3) is 0.375. The van der Waals surface area contributed by atoms with Crippen LogP contribution in [-0.2, 0) is 10.9 Å². The van der Waals surface area contributed by atoms with E-state index in [0.717, 1.165) is 10.8 Å². The van der Waals surface area contributed by atoms with Crippen molar-refractivity contribution in [2.45, 2.75) is 26.0 Å². The summed E-state index contributed by atoms with van der Waals surface area (Å²) in [6.07, 6.45) is -0.620. The predicted molar refractivity (Wildman–Crippen MR) is 92.5 cm³/mol. The Hall–Kier alpha value is -1.83. The van der Waals surface area contributed by atoms with Gasteiger partial charge in [0.2, 0.25) is 10.9 Å². The number of benzene rings is 2. The molecule has 1 atom stereocenters. The molecular weight excluding hydrogens is 316 g/mol. The minimum absolute atomic E-state index is 0.159. The lowest BCUT2D eigenvalue weighted by atomic mass is 10.1. The van der Waals surface area contributed by atoms with E-state index in [9.17, 15) is 13.5 Å². The van der Waals surface area contributed by atoms with Crippen LogP contribution in [0.25, 0.3) is 10.8 Å².